The summed E-state index contributed by atoms with van der Waals surface area (Å²) in [6.07, 6.45) is 0.437. The second-order valence-electron chi connectivity index (χ2n) is 4.84. The van der Waals surface area contributed by atoms with Crippen LogP contribution >= 0.6 is 15.9 Å². The highest BCUT2D eigenvalue weighted by atomic mass is 79.9. The Hall–Kier alpha value is -1.75. The number of halogens is 3. The molecule has 1 heterocycles. The number of fused-ring (bicyclic) bond motifs is 1. The summed E-state index contributed by atoms with van der Waals surface area (Å²) >= 11 is 3.00. The van der Waals surface area contributed by atoms with Crippen molar-refractivity contribution < 1.29 is 18.3 Å². The molecule has 0 saturated carbocycles. The summed E-state index contributed by atoms with van der Waals surface area (Å²) < 4.78 is 33.1. The lowest BCUT2D eigenvalue weighted by molar-refractivity contribution is 0.0990. The molecule has 0 N–H and O–H groups in total. The highest BCUT2D eigenvalue weighted by Gasteiger charge is 2.19. The summed E-state index contributed by atoms with van der Waals surface area (Å²) in [5, 5.41) is 0. The van der Waals surface area contributed by atoms with E-state index >= 15 is 0 Å². The van der Waals surface area contributed by atoms with E-state index in [1.807, 2.05) is 0 Å². The number of Topliss-reactive ketones (excluding diaryl/α,β-unsaturated/α-hetero) is 1. The first kappa shape index (κ1) is 14.2. The largest absolute Gasteiger partial charge is 0.493 e. The molecule has 0 radical (unpaired) electrons. The normalized spacial score (nSPS) is 12.9. The van der Waals surface area contributed by atoms with Gasteiger partial charge in [0.15, 0.2) is 5.78 Å². The third-order valence-electron chi connectivity index (χ3n) is 3.49. The molecule has 0 spiro atoms. The van der Waals surface area contributed by atoms with Crippen molar-refractivity contribution >= 4 is 21.7 Å². The SMILES string of the molecule is O=C(Cc1c(F)ccc(Br)c1F)c1ccc2c(c1)CCO2. The minimum absolute atomic E-state index is 0.147. The second kappa shape index (κ2) is 5.56. The van der Waals surface area contributed by atoms with Crippen molar-refractivity contribution in [2.45, 2.75) is 12.8 Å². The number of ether oxygens (including phenoxy) is 1. The number of carbonyl (C=O) groups is 1. The first-order chi connectivity index (χ1) is 10.1. The average Bonchev–Trinajstić information content (AvgIpc) is 2.94. The van der Waals surface area contributed by atoms with Gasteiger partial charge in [-0.3, -0.25) is 4.79 Å². The van der Waals surface area contributed by atoms with Gasteiger partial charge in [-0.25, -0.2) is 8.78 Å². The molecule has 0 bridgehead atoms. The smallest absolute Gasteiger partial charge is 0.167 e. The van der Waals surface area contributed by atoms with Crippen molar-refractivity contribution in [2.75, 3.05) is 6.61 Å². The van der Waals surface area contributed by atoms with Crippen molar-refractivity contribution in [1.29, 1.82) is 0 Å². The van der Waals surface area contributed by atoms with Crippen LogP contribution in [0.4, 0.5) is 8.78 Å². The Morgan fingerprint density at radius 2 is 2.05 bits per heavy atom. The predicted molar refractivity (Wildman–Crippen MR) is 77.7 cm³/mol. The van der Waals surface area contributed by atoms with Gasteiger partial charge in [-0.05, 0) is 51.8 Å². The lowest BCUT2D eigenvalue weighted by Crippen LogP contribution is -2.08. The summed E-state index contributed by atoms with van der Waals surface area (Å²) in [6.45, 7) is 0.599. The Morgan fingerprint density at radius 1 is 1.24 bits per heavy atom. The van der Waals surface area contributed by atoms with E-state index in [0.29, 0.717) is 12.2 Å². The zero-order valence-electron chi connectivity index (χ0n) is 11.0. The van der Waals surface area contributed by atoms with Crippen LogP contribution in [0.5, 0.6) is 5.75 Å². The fourth-order valence-corrected chi connectivity index (χ4v) is 2.73. The number of hydrogen-bond acceptors (Lipinski definition) is 2. The van der Waals surface area contributed by atoms with Gasteiger partial charge in [0.25, 0.3) is 0 Å². The Kier molecular flexibility index (Phi) is 3.76. The van der Waals surface area contributed by atoms with Crippen LogP contribution in [0, 0.1) is 11.6 Å². The molecule has 1 aliphatic rings. The van der Waals surface area contributed by atoms with E-state index in [4.69, 9.17) is 4.74 Å². The molecule has 0 amide bonds. The minimum Gasteiger partial charge on any atom is -0.493 e. The molecule has 1 aliphatic heterocycles. The van der Waals surface area contributed by atoms with E-state index in [1.165, 1.54) is 6.07 Å². The summed E-state index contributed by atoms with van der Waals surface area (Å²) in [4.78, 5) is 12.2. The first-order valence-electron chi connectivity index (χ1n) is 6.47. The van der Waals surface area contributed by atoms with Crippen LogP contribution in [-0.2, 0) is 12.8 Å². The molecular formula is C16H11BrF2O2. The van der Waals surface area contributed by atoms with Crippen LogP contribution in [0.1, 0.15) is 21.5 Å². The zero-order valence-corrected chi connectivity index (χ0v) is 12.5. The number of ketones is 1. The van der Waals surface area contributed by atoms with Crippen molar-refractivity contribution in [3.8, 4) is 5.75 Å². The van der Waals surface area contributed by atoms with E-state index < -0.39 is 11.6 Å². The fourth-order valence-electron chi connectivity index (χ4n) is 2.35. The van der Waals surface area contributed by atoms with Crippen molar-refractivity contribution in [3.05, 3.63) is 63.1 Å². The molecule has 2 nitrogen and oxygen atoms in total. The molecule has 2 aromatic carbocycles. The molecule has 5 heteroatoms. The van der Waals surface area contributed by atoms with Gasteiger partial charge in [0.05, 0.1) is 11.1 Å². The van der Waals surface area contributed by atoms with Crippen LogP contribution < -0.4 is 4.74 Å². The van der Waals surface area contributed by atoms with Gasteiger partial charge < -0.3 is 4.74 Å². The van der Waals surface area contributed by atoms with E-state index in [1.54, 1.807) is 18.2 Å². The van der Waals surface area contributed by atoms with Crippen LogP contribution in [0.3, 0.4) is 0 Å². The lowest BCUT2D eigenvalue weighted by atomic mass is 10.00. The molecule has 0 unspecified atom stereocenters. The van der Waals surface area contributed by atoms with Gasteiger partial charge in [-0.1, -0.05) is 0 Å². The second-order valence-corrected chi connectivity index (χ2v) is 5.70. The van der Waals surface area contributed by atoms with Gasteiger partial charge in [0, 0.05) is 24.0 Å². The molecule has 2 aromatic rings. The highest BCUT2D eigenvalue weighted by Crippen LogP contribution is 2.27. The topological polar surface area (TPSA) is 26.3 Å². The molecule has 108 valence electrons. The molecule has 0 aliphatic carbocycles. The van der Waals surface area contributed by atoms with E-state index in [0.717, 1.165) is 23.8 Å². The lowest BCUT2D eigenvalue weighted by Gasteiger charge is -2.07. The molecular weight excluding hydrogens is 342 g/mol. The Bertz CT molecular complexity index is 728. The Balaban J connectivity index is 1.89. The fraction of sp³-hybridized carbons (Fsp3) is 0.188. The average molecular weight is 353 g/mol. The standard InChI is InChI=1S/C16H11BrF2O2/c17-12-2-3-13(18)11(16(12)19)8-14(20)9-1-4-15-10(7-9)5-6-21-15/h1-4,7H,5-6,8H2. The number of hydrogen-bond donors (Lipinski definition) is 0. The molecule has 21 heavy (non-hydrogen) atoms. The predicted octanol–water partition coefficient (Wildman–Crippen LogP) is 4.09. The number of benzene rings is 2. The zero-order chi connectivity index (χ0) is 15.0. The molecule has 3 rings (SSSR count). The van der Waals surface area contributed by atoms with E-state index in [2.05, 4.69) is 15.9 Å². The summed E-state index contributed by atoms with van der Waals surface area (Å²) in [5.74, 6) is -0.992. The maximum Gasteiger partial charge on any atom is 0.167 e. The third kappa shape index (κ3) is 2.70. The maximum absolute atomic E-state index is 13.9. The maximum atomic E-state index is 13.9. The van der Waals surface area contributed by atoms with Gasteiger partial charge in [-0.15, -0.1) is 0 Å². The minimum atomic E-state index is -0.729. The molecule has 0 aromatic heterocycles. The Morgan fingerprint density at radius 3 is 2.86 bits per heavy atom. The number of carbonyl (C=O) groups excluding carboxylic acids is 1. The molecule has 0 saturated heterocycles. The van der Waals surface area contributed by atoms with Crippen LogP contribution in [0.15, 0.2) is 34.8 Å². The number of rotatable bonds is 3. The molecule has 0 fully saturated rings. The first-order valence-corrected chi connectivity index (χ1v) is 7.27. The monoisotopic (exact) mass is 352 g/mol. The highest BCUT2D eigenvalue weighted by molar-refractivity contribution is 9.10. The Labute approximate surface area is 128 Å². The van der Waals surface area contributed by atoms with E-state index in [9.17, 15) is 13.6 Å². The van der Waals surface area contributed by atoms with Gasteiger partial charge in [0.1, 0.15) is 17.4 Å². The van der Waals surface area contributed by atoms with Crippen LogP contribution in [0.25, 0.3) is 0 Å². The van der Waals surface area contributed by atoms with Gasteiger partial charge in [-0.2, -0.15) is 0 Å². The van der Waals surface area contributed by atoms with Crippen molar-refractivity contribution in [3.63, 3.8) is 0 Å². The third-order valence-corrected chi connectivity index (χ3v) is 4.10. The van der Waals surface area contributed by atoms with Crippen LogP contribution in [0.2, 0.25) is 0 Å². The van der Waals surface area contributed by atoms with E-state index in [-0.39, 0.29) is 22.2 Å². The van der Waals surface area contributed by atoms with Crippen molar-refractivity contribution in [1.82, 2.24) is 0 Å². The summed E-state index contributed by atoms with van der Waals surface area (Å²) in [6, 6.07) is 7.51. The van der Waals surface area contributed by atoms with Crippen LogP contribution in [-0.4, -0.2) is 12.4 Å². The summed E-state index contributed by atoms with van der Waals surface area (Å²) in [7, 11) is 0. The van der Waals surface area contributed by atoms with Gasteiger partial charge in [0.2, 0.25) is 0 Å². The van der Waals surface area contributed by atoms with Crippen molar-refractivity contribution in [2.24, 2.45) is 0 Å². The molecule has 0 atom stereocenters. The van der Waals surface area contributed by atoms with Gasteiger partial charge >= 0.3 is 0 Å². The summed E-state index contributed by atoms with van der Waals surface area (Å²) in [5.41, 5.74) is 1.18. The quantitative estimate of drug-likeness (QED) is 0.614.